The number of carbonyl (C=O) groups is 1. The standard InChI is InChI=1S/C20H21N5O3/c1-20(2)11-14-7-6-10-16(19(14)28-20)27-13-18(26)21-12-17-22-23-24-25(17)15-8-4-3-5-9-15/h3-10H,11-13H2,1-2H3,(H,21,26). The molecule has 8 nitrogen and oxygen atoms in total. The lowest BCUT2D eigenvalue weighted by atomic mass is 10.0. The van der Waals surface area contributed by atoms with Crippen LogP contribution in [0.3, 0.4) is 0 Å². The van der Waals surface area contributed by atoms with Crippen molar-refractivity contribution in [3.63, 3.8) is 0 Å². The van der Waals surface area contributed by atoms with E-state index < -0.39 is 0 Å². The molecule has 0 radical (unpaired) electrons. The lowest BCUT2D eigenvalue weighted by Crippen LogP contribution is -2.29. The molecular weight excluding hydrogens is 358 g/mol. The summed E-state index contributed by atoms with van der Waals surface area (Å²) in [6, 6.07) is 15.2. The van der Waals surface area contributed by atoms with Gasteiger partial charge in [-0.2, -0.15) is 4.68 Å². The summed E-state index contributed by atoms with van der Waals surface area (Å²) < 4.78 is 13.2. The van der Waals surface area contributed by atoms with Gasteiger partial charge in [0, 0.05) is 12.0 Å². The number of ether oxygens (including phenoxy) is 2. The topological polar surface area (TPSA) is 91.2 Å². The van der Waals surface area contributed by atoms with E-state index in [2.05, 4.69) is 20.8 Å². The number of nitrogens with one attached hydrogen (secondary N) is 1. The third-order valence-electron chi connectivity index (χ3n) is 4.39. The van der Waals surface area contributed by atoms with Gasteiger partial charge in [0.1, 0.15) is 5.60 Å². The van der Waals surface area contributed by atoms with Crippen LogP contribution in [0.4, 0.5) is 0 Å². The number of tetrazole rings is 1. The van der Waals surface area contributed by atoms with E-state index in [1.807, 2.05) is 62.4 Å². The van der Waals surface area contributed by atoms with Gasteiger partial charge in [-0.3, -0.25) is 4.79 Å². The van der Waals surface area contributed by atoms with Gasteiger partial charge in [0.25, 0.3) is 5.91 Å². The second kappa shape index (κ2) is 7.30. The van der Waals surface area contributed by atoms with Crippen molar-refractivity contribution in [3.8, 4) is 17.2 Å². The van der Waals surface area contributed by atoms with Crippen LogP contribution in [0.15, 0.2) is 48.5 Å². The van der Waals surface area contributed by atoms with Gasteiger partial charge >= 0.3 is 0 Å². The van der Waals surface area contributed by atoms with Gasteiger partial charge in [0.15, 0.2) is 23.9 Å². The molecular formula is C20H21N5O3. The summed E-state index contributed by atoms with van der Waals surface area (Å²) in [5, 5.41) is 14.4. The fraction of sp³-hybridized carbons (Fsp3) is 0.300. The number of amides is 1. The van der Waals surface area contributed by atoms with Crippen LogP contribution in [0.1, 0.15) is 25.2 Å². The number of rotatable bonds is 6. The summed E-state index contributed by atoms with van der Waals surface area (Å²) in [5.74, 6) is 1.56. The summed E-state index contributed by atoms with van der Waals surface area (Å²) in [4.78, 5) is 12.2. The van der Waals surface area contributed by atoms with E-state index in [0.717, 1.165) is 17.7 Å². The summed E-state index contributed by atoms with van der Waals surface area (Å²) in [6.45, 7) is 4.13. The first-order valence-corrected chi connectivity index (χ1v) is 9.05. The molecule has 2 heterocycles. The molecule has 144 valence electrons. The predicted octanol–water partition coefficient (Wildman–Crippen LogP) is 2.07. The third-order valence-corrected chi connectivity index (χ3v) is 4.39. The van der Waals surface area contributed by atoms with Crippen molar-refractivity contribution < 1.29 is 14.3 Å². The molecule has 1 aliphatic heterocycles. The van der Waals surface area contributed by atoms with Crippen LogP contribution in [0.2, 0.25) is 0 Å². The van der Waals surface area contributed by atoms with E-state index in [1.54, 1.807) is 4.68 Å². The maximum absolute atomic E-state index is 12.2. The van der Waals surface area contributed by atoms with Crippen LogP contribution in [-0.2, 0) is 17.8 Å². The lowest BCUT2D eigenvalue weighted by molar-refractivity contribution is -0.123. The largest absolute Gasteiger partial charge is 0.483 e. The van der Waals surface area contributed by atoms with Crippen LogP contribution < -0.4 is 14.8 Å². The number of hydrogen-bond acceptors (Lipinski definition) is 6. The fourth-order valence-corrected chi connectivity index (χ4v) is 3.16. The predicted molar refractivity (Wildman–Crippen MR) is 101 cm³/mol. The van der Waals surface area contributed by atoms with Crippen molar-refractivity contribution in [1.82, 2.24) is 25.5 Å². The molecule has 0 unspecified atom stereocenters. The van der Waals surface area contributed by atoms with Crippen molar-refractivity contribution in [2.45, 2.75) is 32.4 Å². The zero-order valence-corrected chi connectivity index (χ0v) is 15.8. The van der Waals surface area contributed by atoms with E-state index in [4.69, 9.17) is 9.47 Å². The molecule has 3 aromatic rings. The minimum Gasteiger partial charge on any atom is -0.483 e. The molecule has 2 aromatic carbocycles. The smallest absolute Gasteiger partial charge is 0.258 e. The molecule has 1 aromatic heterocycles. The van der Waals surface area contributed by atoms with Gasteiger partial charge in [-0.05, 0) is 42.5 Å². The first-order valence-electron chi connectivity index (χ1n) is 9.05. The Hall–Kier alpha value is -3.42. The van der Waals surface area contributed by atoms with Crippen molar-refractivity contribution in [1.29, 1.82) is 0 Å². The van der Waals surface area contributed by atoms with Gasteiger partial charge in [0.05, 0.1) is 12.2 Å². The van der Waals surface area contributed by atoms with E-state index in [-0.39, 0.29) is 24.7 Å². The number of nitrogens with zero attached hydrogens (tertiary/aromatic N) is 4. The number of fused-ring (bicyclic) bond motifs is 1. The summed E-state index contributed by atoms with van der Waals surface area (Å²) >= 11 is 0. The number of aromatic nitrogens is 4. The maximum Gasteiger partial charge on any atom is 0.258 e. The summed E-state index contributed by atoms with van der Waals surface area (Å²) in [6.07, 6.45) is 0.813. The van der Waals surface area contributed by atoms with Crippen LogP contribution in [0.25, 0.3) is 5.69 Å². The molecule has 0 atom stereocenters. The van der Waals surface area contributed by atoms with Gasteiger partial charge in [-0.1, -0.05) is 30.3 Å². The van der Waals surface area contributed by atoms with Crippen LogP contribution >= 0.6 is 0 Å². The molecule has 1 amide bonds. The number of para-hydroxylation sites is 2. The van der Waals surface area contributed by atoms with Gasteiger partial charge < -0.3 is 14.8 Å². The highest BCUT2D eigenvalue weighted by Gasteiger charge is 2.32. The average molecular weight is 379 g/mol. The number of carbonyl (C=O) groups excluding carboxylic acids is 1. The van der Waals surface area contributed by atoms with Gasteiger partial charge in [-0.15, -0.1) is 5.10 Å². The number of hydrogen-bond donors (Lipinski definition) is 1. The van der Waals surface area contributed by atoms with E-state index in [9.17, 15) is 4.79 Å². The third kappa shape index (κ3) is 3.80. The van der Waals surface area contributed by atoms with Crippen molar-refractivity contribution >= 4 is 5.91 Å². The Bertz CT molecular complexity index is 985. The fourth-order valence-electron chi connectivity index (χ4n) is 3.16. The molecule has 0 saturated heterocycles. The van der Waals surface area contributed by atoms with E-state index in [0.29, 0.717) is 17.3 Å². The van der Waals surface area contributed by atoms with Crippen LogP contribution in [0.5, 0.6) is 11.5 Å². The van der Waals surface area contributed by atoms with Gasteiger partial charge in [-0.25, -0.2) is 0 Å². The molecule has 8 heteroatoms. The van der Waals surface area contributed by atoms with E-state index >= 15 is 0 Å². The summed E-state index contributed by atoms with van der Waals surface area (Å²) in [7, 11) is 0. The highest BCUT2D eigenvalue weighted by Crippen LogP contribution is 2.41. The summed E-state index contributed by atoms with van der Waals surface area (Å²) in [5.41, 5.74) is 1.65. The highest BCUT2D eigenvalue weighted by molar-refractivity contribution is 5.77. The Labute approximate surface area is 162 Å². The minimum atomic E-state index is -0.266. The van der Waals surface area contributed by atoms with E-state index in [1.165, 1.54) is 0 Å². The Balaban J connectivity index is 1.35. The molecule has 0 saturated carbocycles. The normalized spacial score (nSPS) is 14.2. The molecule has 0 spiro atoms. The first kappa shape index (κ1) is 18.0. The molecule has 1 N–H and O–H groups in total. The van der Waals surface area contributed by atoms with Crippen molar-refractivity contribution in [3.05, 3.63) is 59.9 Å². The van der Waals surface area contributed by atoms with Gasteiger partial charge in [0.2, 0.25) is 0 Å². The zero-order valence-electron chi connectivity index (χ0n) is 15.8. The second-order valence-electron chi connectivity index (χ2n) is 7.19. The molecule has 28 heavy (non-hydrogen) atoms. The maximum atomic E-state index is 12.2. The molecule has 0 fully saturated rings. The Morgan fingerprint density at radius 2 is 2.04 bits per heavy atom. The molecule has 1 aliphatic rings. The average Bonchev–Trinajstić information content (AvgIpc) is 3.28. The molecule has 0 aliphatic carbocycles. The van der Waals surface area contributed by atoms with Crippen LogP contribution in [-0.4, -0.2) is 38.3 Å². The quantitative estimate of drug-likeness (QED) is 0.705. The first-order chi connectivity index (χ1) is 13.5. The molecule has 0 bridgehead atoms. The Morgan fingerprint density at radius 3 is 2.86 bits per heavy atom. The second-order valence-corrected chi connectivity index (χ2v) is 7.19. The monoisotopic (exact) mass is 379 g/mol. The molecule has 4 rings (SSSR count). The zero-order chi connectivity index (χ0) is 19.6. The number of benzene rings is 2. The minimum absolute atomic E-state index is 0.118. The SMILES string of the molecule is CC1(C)Cc2cccc(OCC(=O)NCc3nnnn3-c3ccccc3)c2O1. The van der Waals surface area contributed by atoms with Crippen molar-refractivity contribution in [2.75, 3.05) is 6.61 Å². The highest BCUT2D eigenvalue weighted by atomic mass is 16.5. The Morgan fingerprint density at radius 1 is 1.21 bits per heavy atom. The van der Waals surface area contributed by atoms with Crippen LogP contribution in [0, 0.1) is 0 Å². The van der Waals surface area contributed by atoms with Crippen molar-refractivity contribution in [2.24, 2.45) is 0 Å². The lowest BCUT2D eigenvalue weighted by Gasteiger charge is -2.18. The Kier molecular flexibility index (Phi) is 4.68.